The summed E-state index contributed by atoms with van der Waals surface area (Å²) in [6, 6.07) is 12.9. The number of hydrogen-bond donors (Lipinski definition) is 3. The van der Waals surface area contributed by atoms with E-state index in [4.69, 9.17) is 9.47 Å². The number of rotatable bonds is 6. The molecule has 0 radical (unpaired) electrons. The van der Waals surface area contributed by atoms with Crippen molar-refractivity contribution in [3.63, 3.8) is 0 Å². The Hall–Kier alpha value is -2.41. The van der Waals surface area contributed by atoms with Crippen molar-refractivity contribution in [2.45, 2.75) is 37.6 Å². The Morgan fingerprint density at radius 2 is 1.85 bits per heavy atom. The van der Waals surface area contributed by atoms with Crippen LogP contribution in [0.25, 0.3) is 0 Å². The van der Waals surface area contributed by atoms with Gasteiger partial charge in [0.15, 0.2) is 0 Å². The lowest BCUT2D eigenvalue weighted by molar-refractivity contribution is -0.114. The topological polar surface area (TPSA) is 96.2 Å². The molecule has 6 nitrogen and oxygen atoms in total. The maximum absolute atomic E-state index is 11.7. The Morgan fingerprint density at radius 1 is 1.15 bits per heavy atom. The average Bonchev–Trinajstić information content (AvgIpc) is 2.67. The first kappa shape index (κ1) is 19.4. The SMILES string of the molecule is COc1ccc(Cc2ccc(C(=O)O)c([C@H]3CC(O)CC(CO)O3)c2)cc1. The number of benzene rings is 2. The standard InChI is InChI=1S/C21H24O6/c1-26-16-5-2-13(3-6-16)8-14-4-7-18(21(24)25)19(9-14)20-11-15(23)10-17(12-22)27-20/h2-7,9,15,17,20,22-23H,8,10-12H2,1H3,(H,24,25)/t15?,17?,20-/m1/s1. The summed E-state index contributed by atoms with van der Waals surface area (Å²) in [6.07, 6.45) is -0.398. The highest BCUT2D eigenvalue weighted by atomic mass is 16.5. The highest BCUT2D eigenvalue weighted by molar-refractivity contribution is 5.89. The van der Waals surface area contributed by atoms with E-state index in [0.29, 0.717) is 24.8 Å². The molecule has 1 aliphatic heterocycles. The van der Waals surface area contributed by atoms with E-state index in [1.54, 1.807) is 19.2 Å². The van der Waals surface area contributed by atoms with Gasteiger partial charge in [0, 0.05) is 12.8 Å². The summed E-state index contributed by atoms with van der Waals surface area (Å²) in [5.41, 5.74) is 2.71. The molecule has 2 aromatic carbocycles. The molecule has 1 saturated heterocycles. The maximum atomic E-state index is 11.7. The minimum absolute atomic E-state index is 0.157. The highest BCUT2D eigenvalue weighted by Crippen LogP contribution is 2.34. The Morgan fingerprint density at radius 3 is 2.48 bits per heavy atom. The van der Waals surface area contributed by atoms with Gasteiger partial charge in [-0.15, -0.1) is 0 Å². The number of aromatic carboxylic acids is 1. The van der Waals surface area contributed by atoms with E-state index < -0.39 is 24.3 Å². The highest BCUT2D eigenvalue weighted by Gasteiger charge is 2.31. The number of aliphatic hydroxyl groups excluding tert-OH is 2. The largest absolute Gasteiger partial charge is 0.497 e. The predicted molar refractivity (Wildman–Crippen MR) is 99.1 cm³/mol. The average molecular weight is 372 g/mol. The summed E-state index contributed by atoms with van der Waals surface area (Å²) in [5.74, 6) is -0.259. The minimum atomic E-state index is -1.04. The van der Waals surface area contributed by atoms with E-state index in [2.05, 4.69) is 0 Å². The van der Waals surface area contributed by atoms with Crippen molar-refractivity contribution in [1.29, 1.82) is 0 Å². The maximum Gasteiger partial charge on any atom is 0.336 e. The van der Waals surface area contributed by atoms with Crippen LogP contribution in [0.1, 0.15) is 46.0 Å². The van der Waals surface area contributed by atoms with Crippen molar-refractivity contribution >= 4 is 5.97 Å². The summed E-state index contributed by atoms with van der Waals surface area (Å²) in [6.45, 7) is -0.207. The zero-order valence-electron chi connectivity index (χ0n) is 15.2. The van der Waals surface area contributed by atoms with Gasteiger partial charge < -0.3 is 24.8 Å². The molecule has 2 unspecified atom stereocenters. The second-order valence-corrected chi connectivity index (χ2v) is 6.81. The van der Waals surface area contributed by atoms with Gasteiger partial charge in [0.1, 0.15) is 5.75 Å². The number of methoxy groups -OCH3 is 1. The van der Waals surface area contributed by atoms with Gasteiger partial charge >= 0.3 is 5.97 Å². The van der Waals surface area contributed by atoms with Crippen LogP contribution < -0.4 is 4.74 Å². The first-order chi connectivity index (χ1) is 13.0. The van der Waals surface area contributed by atoms with Crippen LogP contribution in [0.5, 0.6) is 5.75 Å². The van der Waals surface area contributed by atoms with Gasteiger partial charge in [-0.05, 0) is 41.3 Å². The molecular weight excluding hydrogens is 348 g/mol. The molecule has 0 aromatic heterocycles. The van der Waals surface area contributed by atoms with Crippen molar-refractivity contribution in [3.8, 4) is 5.75 Å². The first-order valence-electron chi connectivity index (χ1n) is 8.93. The second-order valence-electron chi connectivity index (χ2n) is 6.81. The van der Waals surface area contributed by atoms with Gasteiger partial charge in [0.2, 0.25) is 0 Å². The fourth-order valence-electron chi connectivity index (χ4n) is 3.47. The Kier molecular flexibility index (Phi) is 6.11. The van der Waals surface area contributed by atoms with Crippen molar-refractivity contribution < 1.29 is 29.6 Å². The van der Waals surface area contributed by atoms with E-state index >= 15 is 0 Å². The number of carbonyl (C=O) groups is 1. The molecule has 0 amide bonds. The minimum Gasteiger partial charge on any atom is -0.497 e. The number of hydrogen-bond acceptors (Lipinski definition) is 5. The van der Waals surface area contributed by atoms with E-state index in [0.717, 1.165) is 16.9 Å². The van der Waals surface area contributed by atoms with Crippen LogP contribution in [-0.2, 0) is 11.2 Å². The van der Waals surface area contributed by atoms with Gasteiger partial charge in [0.05, 0.1) is 37.6 Å². The van der Waals surface area contributed by atoms with Gasteiger partial charge in [-0.3, -0.25) is 0 Å². The van der Waals surface area contributed by atoms with Crippen molar-refractivity contribution in [2.24, 2.45) is 0 Å². The lowest BCUT2D eigenvalue weighted by atomic mass is 9.91. The summed E-state index contributed by atoms with van der Waals surface area (Å²) >= 11 is 0. The van der Waals surface area contributed by atoms with Gasteiger partial charge in [-0.1, -0.05) is 24.3 Å². The second kappa shape index (κ2) is 8.52. The van der Waals surface area contributed by atoms with Crippen LogP contribution in [0.2, 0.25) is 0 Å². The predicted octanol–water partition coefficient (Wildman–Crippen LogP) is 2.56. The summed E-state index contributed by atoms with van der Waals surface area (Å²) in [4.78, 5) is 11.7. The molecule has 3 N–H and O–H groups in total. The molecule has 3 rings (SSSR count). The molecule has 144 valence electrons. The molecule has 1 fully saturated rings. The Labute approximate surface area is 158 Å². The third-order valence-electron chi connectivity index (χ3n) is 4.84. The molecule has 27 heavy (non-hydrogen) atoms. The molecule has 6 heteroatoms. The number of carboxylic acids is 1. The van der Waals surface area contributed by atoms with Crippen molar-refractivity contribution in [3.05, 3.63) is 64.7 Å². The summed E-state index contributed by atoms with van der Waals surface area (Å²) in [5, 5.41) is 29.0. The Bertz CT molecular complexity index is 786. The normalized spacial score (nSPS) is 22.4. The number of aliphatic hydroxyl groups is 2. The van der Waals surface area contributed by atoms with Crippen LogP contribution in [0, 0.1) is 0 Å². The fraction of sp³-hybridized carbons (Fsp3) is 0.381. The quantitative estimate of drug-likeness (QED) is 0.721. The fourth-order valence-corrected chi connectivity index (χ4v) is 3.47. The van der Waals surface area contributed by atoms with E-state index in [1.807, 2.05) is 30.3 Å². The molecule has 3 atom stereocenters. The monoisotopic (exact) mass is 372 g/mol. The van der Waals surface area contributed by atoms with Crippen LogP contribution in [-0.4, -0.2) is 47.2 Å². The summed E-state index contributed by atoms with van der Waals surface area (Å²) in [7, 11) is 1.62. The van der Waals surface area contributed by atoms with Crippen molar-refractivity contribution in [2.75, 3.05) is 13.7 Å². The lowest BCUT2D eigenvalue weighted by Crippen LogP contribution is -2.34. The zero-order valence-corrected chi connectivity index (χ0v) is 15.2. The van der Waals surface area contributed by atoms with Crippen LogP contribution >= 0.6 is 0 Å². The smallest absolute Gasteiger partial charge is 0.336 e. The third-order valence-corrected chi connectivity index (χ3v) is 4.84. The summed E-state index contributed by atoms with van der Waals surface area (Å²) < 4.78 is 11.0. The van der Waals surface area contributed by atoms with Gasteiger partial charge in [0.25, 0.3) is 0 Å². The number of ether oxygens (including phenoxy) is 2. The lowest BCUT2D eigenvalue weighted by Gasteiger charge is -2.33. The van der Waals surface area contributed by atoms with Gasteiger partial charge in [-0.25, -0.2) is 4.79 Å². The molecule has 0 bridgehead atoms. The van der Waals surface area contributed by atoms with Crippen LogP contribution in [0.4, 0.5) is 0 Å². The zero-order chi connectivity index (χ0) is 19.4. The number of carboxylic acid groups (broad SMARTS) is 1. The van der Waals surface area contributed by atoms with Crippen LogP contribution in [0.3, 0.4) is 0 Å². The van der Waals surface area contributed by atoms with Crippen LogP contribution in [0.15, 0.2) is 42.5 Å². The van der Waals surface area contributed by atoms with E-state index in [1.165, 1.54) is 0 Å². The molecule has 0 aliphatic carbocycles. The molecule has 1 heterocycles. The van der Waals surface area contributed by atoms with E-state index in [-0.39, 0.29) is 12.2 Å². The van der Waals surface area contributed by atoms with Crippen molar-refractivity contribution in [1.82, 2.24) is 0 Å². The Balaban J connectivity index is 1.89. The molecular formula is C21H24O6. The third kappa shape index (κ3) is 4.66. The molecule has 0 saturated carbocycles. The van der Waals surface area contributed by atoms with Gasteiger partial charge in [-0.2, -0.15) is 0 Å². The first-order valence-corrected chi connectivity index (χ1v) is 8.93. The van der Waals surface area contributed by atoms with E-state index in [9.17, 15) is 20.1 Å². The molecule has 2 aromatic rings. The molecule has 1 aliphatic rings. The molecule has 0 spiro atoms.